The van der Waals surface area contributed by atoms with Crippen LogP contribution in [0.25, 0.3) is 0 Å². The Labute approximate surface area is 164 Å². The Morgan fingerprint density at radius 1 is 1.25 bits per heavy atom. The van der Waals surface area contributed by atoms with Crippen molar-refractivity contribution in [3.05, 3.63) is 33.9 Å². The number of hydrogen-bond acceptors (Lipinski definition) is 6. The molecule has 0 saturated carbocycles. The monoisotopic (exact) mass is 393 g/mol. The van der Waals surface area contributed by atoms with Gasteiger partial charge in [0.2, 0.25) is 0 Å². The zero-order valence-electron chi connectivity index (χ0n) is 16.9. The minimum atomic E-state index is -0.587. The molecule has 1 aromatic carbocycles. The topological polar surface area (TPSA) is 111 Å². The Morgan fingerprint density at radius 3 is 2.36 bits per heavy atom. The zero-order valence-corrected chi connectivity index (χ0v) is 16.9. The van der Waals surface area contributed by atoms with Gasteiger partial charge in [-0.1, -0.05) is 0 Å². The van der Waals surface area contributed by atoms with Crippen LogP contribution in [0.1, 0.15) is 50.9 Å². The molecular formula is C19H27N3O6. The molecule has 9 nitrogen and oxygen atoms in total. The molecule has 154 valence electrons. The molecule has 1 heterocycles. The van der Waals surface area contributed by atoms with Crippen molar-refractivity contribution >= 4 is 17.7 Å². The molecule has 0 radical (unpaired) electrons. The van der Waals surface area contributed by atoms with Gasteiger partial charge >= 0.3 is 11.8 Å². The van der Waals surface area contributed by atoms with Gasteiger partial charge in [-0.15, -0.1) is 0 Å². The Morgan fingerprint density at radius 2 is 1.86 bits per heavy atom. The SMILES string of the molecule is COc1ccc(C(=O)NC2(C)CCN(C(=O)OC(C)(C)C)CC2)cc1[N+](=O)[O-]. The van der Waals surface area contributed by atoms with Crippen molar-refractivity contribution in [3.8, 4) is 5.75 Å². The smallest absolute Gasteiger partial charge is 0.410 e. The van der Waals surface area contributed by atoms with Crippen molar-refractivity contribution < 1.29 is 24.0 Å². The van der Waals surface area contributed by atoms with E-state index in [4.69, 9.17) is 9.47 Å². The number of carbonyl (C=O) groups is 2. The number of piperidine rings is 1. The summed E-state index contributed by atoms with van der Waals surface area (Å²) in [6.45, 7) is 8.24. The largest absolute Gasteiger partial charge is 0.490 e. The molecule has 1 aliphatic heterocycles. The maximum absolute atomic E-state index is 12.6. The summed E-state index contributed by atoms with van der Waals surface area (Å²) in [7, 11) is 1.33. The van der Waals surface area contributed by atoms with Gasteiger partial charge in [0.05, 0.1) is 12.0 Å². The number of benzene rings is 1. The Balaban J connectivity index is 2.02. The maximum Gasteiger partial charge on any atom is 0.410 e. The van der Waals surface area contributed by atoms with E-state index in [2.05, 4.69) is 5.32 Å². The fourth-order valence-electron chi connectivity index (χ4n) is 2.95. The third-order valence-corrected chi connectivity index (χ3v) is 4.57. The van der Waals surface area contributed by atoms with E-state index in [1.165, 1.54) is 25.3 Å². The number of amides is 2. The van der Waals surface area contributed by atoms with Crippen LogP contribution < -0.4 is 10.1 Å². The van der Waals surface area contributed by atoms with E-state index in [-0.39, 0.29) is 23.1 Å². The number of nitro benzene ring substituents is 1. The molecule has 1 aliphatic rings. The number of methoxy groups -OCH3 is 1. The molecule has 28 heavy (non-hydrogen) atoms. The number of rotatable bonds is 4. The summed E-state index contributed by atoms with van der Waals surface area (Å²) in [6, 6.07) is 4.09. The highest BCUT2D eigenvalue weighted by Gasteiger charge is 2.35. The molecule has 1 fully saturated rings. The molecule has 9 heteroatoms. The zero-order chi connectivity index (χ0) is 21.1. The molecule has 0 spiro atoms. The molecule has 0 unspecified atom stereocenters. The van der Waals surface area contributed by atoms with E-state index in [1.807, 2.05) is 27.7 Å². The molecule has 0 bridgehead atoms. The first kappa shape index (κ1) is 21.5. The number of hydrogen-bond donors (Lipinski definition) is 1. The first-order chi connectivity index (χ1) is 12.9. The molecular weight excluding hydrogens is 366 g/mol. The summed E-state index contributed by atoms with van der Waals surface area (Å²) in [5.74, 6) is -0.308. The van der Waals surface area contributed by atoms with Crippen LogP contribution in [0.15, 0.2) is 18.2 Å². The third-order valence-electron chi connectivity index (χ3n) is 4.57. The lowest BCUT2D eigenvalue weighted by Crippen LogP contribution is -2.54. The van der Waals surface area contributed by atoms with E-state index in [1.54, 1.807) is 4.90 Å². The van der Waals surface area contributed by atoms with Gasteiger partial charge in [-0.05, 0) is 52.7 Å². The summed E-state index contributed by atoms with van der Waals surface area (Å²) in [5.41, 5.74) is -1.16. The lowest BCUT2D eigenvalue weighted by atomic mass is 9.89. The lowest BCUT2D eigenvalue weighted by Gasteiger charge is -2.40. The van der Waals surface area contributed by atoms with Gasteiger partial charge in [0.15, 0.2) is 5.75 Å². The van der Waals surface area contributed by atoms with Crippen molar-refractivity contribution in [3.63, 3.8) is 0 Å². The second-order valence-corrected chi connectivity index (χ2v) is 8.13. The fourth-order valence-corrected chi connectivity index (χ4v) is 2.95. The van der Waals surface area contributed by atoms with Gasteiger partial charge in [0, 0.05) is 30.3 Å². The summed E-state index contributed by atoms with van der Waals surface area (Å²) < 4.78 is 10.3. The summed E-state index contributed by atoms with van der Waals surface area (Å²) in [5, 5.41) is 14.1. The van der Waals surface area contributed by atoms with E-state index >= 15 is 0 Å². The number of nitro groups is 1. The number of likely N-dealkylation sites (tertiary alicyclic amines) is 1. The maximum atomic E-state index is 12.6. The highest BCUT2D eigenvalue weighted by atomic mass is 16.6. The molecule has 1 aromatic rings. The van der Waals surface area contributed by atoms with E-state index in [0.29, 0.717) is 25.9 Å². The van der Waals surface area contributed by atoms with Crippen LogP contribution in [0.4, 0.5) is 10.5 Å². The van der Waals surface area contributed by atoms with Crippen LogP contribution in [-0.4, -0.2) is 53.2 Å². The minimum absolute atomic E-state index is 0.0958. The third kappa shape index (κ3) is 5.34. The van der Waals surface area contributed by atoms with Gasteiger partial charge in [-0.25, -0.2) is 4.79 Å². The molecule has 0 atom stereocenters. The second-order valence-electron chi connectivity index (χ2n) is 8.13. The summed E-state index contributed by atoms with van der Waals surface area (Å²) in [4.78, 5) is 37.0. The van der Waals surface area contributed by atoms with E-state index in [9.17, 15) is 19.7 Å². The van der Waals surface area contributed by atoms with Crippen LogP contribution in [-0.2, 0) is 4.74 Å². The van der Waals surface area contributed by atoms with Gasteiger partial charge in [-0.2, -0.15) is 0 Å². The predicted molar refractivity (Wildman–Crippen MR) is 103 cm³/mol. The van der Waals surface area contributed by atoms with Crippen LogP contribution in [0.3, 0.4) is 0 Å². The quantitative estimate of drug-likeness (QED) is 0.621. The van der Waals surface area contributed by atoms with Crippen molar-refractivity contribution in [1.29, 1.82) is 0 Å². The predicted octanol–water partition coefficient (Wildman–Crippen LogP) is 3.12. The van der Waals surface area contributed by atoms with Crippen molar-refractivity contribution in [2.75, 3.05) is 20.2 Å². The molecule has 2 amide bonds. The number of ether oxygens (including phenoxy) is 2. The van der Waals surface area contributed by atoms with Crippen molar-refractivity contribution in [1.82, 2.24) is 10.2 Å². The van der Waals surface area contributed by atoms with Crippen LogP contribution in [0.5, 0.6) is 5.75 Å². The van der Waals surface area contributed by atoms with Crippen LogP contribution in [0, 0.1) is 10.1 Å². The van der Waals surface area contributed by atoms with Crippen LogP contribution >= 0.6 is 0 Å². The molecule has 2 rings (SSSR count). The average Bonchev–Trinajstić information content (AvgIpc) is 2.59. The Kier molecular flexibility index (Phi) is 6.16. The molecule has 1 N–H and O–H groups in total. The van der Waals surface area contributed by atoms with Gasteiger partial charge in [0.25, 0.3) is 5.91 Å². The highest BCUT2D eigenvalue weighted by Crippen LogP contribution is 2.28. The number of carbonyl (C=O) groups excluding carboxylic acids is 2. The summed E-state index contributed by atoms with van der Waals surface area (Å²) >= 11 is 0. The second kappa shape index (κ2) is 8.04. The molecule has 0 aromatic heterocycles. The molecule has 0 aliphatic carbocycles. The van der Waals surface area contributed by atoms with Crippen molar-refractivity contribution in [2.24, 2.45) is 0 Å². The minimum Gasteiger partial charge on any atom is -0.490 e. The normalized spacial score (nSPS) is 16.2. The highest BCUT2D eigenvalue weighted by molar-refractivity contribution is 5.95. The molecule has 1 saturated heterocycles. The first-order valence-electron chi connectivity index (χ1n) is 9.07. The Bertz CT molecular complexity index is 763. The standard InChI is InChI=1S/C19H27N3O6/c1-18(2,3)28-17(24)21-10-8-19(4,9-11-21)20-16(23)13-6-7-15(27-5)14(12-13)22(25)26/h6-7,12H,8-11H2,1-5H3,(H,20,23). The summed E-state index contributed by atoms with van der Waals surface area (Å²) in [6.07, 6.45) is 0.735. The van der Waals surface area contributed by atoms with Crippen molar-refractivity contribution in [2.45, 2.75) is 51.7 Å². The Hall–Kier alpha value is -2.84. The van der Waals surface area contributed by atoms with Gasteiger partial charge < -0.3 is 19.7 Å². The van der Waals surface area contributed by atoms with Crippen LogP contribution in [0.2, 0.25) is 0 Å². The number of nitrogens with one attached hydrogen (secondary N) is 1. The number of nitrogens with zero attached hydrogens (tertiary/aromatic N) is 2. The van der Waals surface area contributed by atoms with Gasteiger partial charge in [0.1, 0.15) is 5.60 Å². The van der Waals surface area contributed by atoms with Gasteiger partial charge in [-0.3, -0.25) is 14.9 Å². The fraction of sp³-hybridized carbons (Fsp3) is 0.579. The average molecular weight is 393 g/mol. The first-order valence-corrected chi connectivity index (χ1v) is 9.07. The van der Waals surface area contributed by atoms with E-state index < -0.39 is 22.0 Å². The van der Waals surface area contributed by atoms with E-state index in [0.717, 1.165) is 0 Å². The lowest BCUT2D eigenvalue weighted by molar-refractivity contribution is -0.385.